The van der Waals surface area contributed by atoms with Crippen LogP contribution in [-0.4, -0.2) is 11.7 Å². The fourth-order valence-corrected chi connectivity index (χ4v) is 2.62. The number of benzene rings is 2. The van der Waals surface area contributed by atoms with E-state index < -0.39 is 0 Å². The monoisotopic (exact) mass is 344 g/mol. The van der Waals surface area contributed by atoms with E-state index in [1.54, 1.807) is 30.3 Å². The van der Waals surface area contributed by atoms with E-state index in [2.05, 4.69) is 21.2 Å². The molecule has 0 bridgehead atoms. The number of halogens is 1. The highest BCUT2D eigenvalue weighted by Crippen LogP contribution is 2.26. The van der Waals surface area contributed by atoms with Gasteiger partial charge in [0.1, 0.15) is 0 Å². The maximum absolute atomic E-state index is 12.5. The Bertz CT molecular complexity index is 756. The molecule has 21 heavy (non-hydrogen) atoms. The van der Waals surface area contributed by atoms with Crippen LogP contribution in [0.5, 0.6) is 0 Å². The van der Waals surface area contributed by atoms with Crippen LogP contribution in [0.1, 0.15) is 27.9 Å². The number of carbonyl (C=O) groups is 2. The van der Waals surface area contributed by atoms with E-state index in [9.17, 15) is 9.59 Å². The molecular weight excluding hydrogens is 332 g/mol. The van der Waals surface area contributed by atoms with Crippen LogP contribution in [-0.2, 0) is 11.2 Å². The van der Waals surface area contributed by atoms with Crippen molar-refractivity contribution < 1.29 is 9.59 Å². The lowest BCUT2D eigenvalue weighted by atomic mass is 9.96. The Morgan fingerprint density at radius 2 is 1.81 bits per heavy atom. The summed E-state index contributed by atoms with van der Waals surface area (Å²) < 4.78 is 0.771. The number of carbonyl (C=O) groups excluding carboxylic acids is 2. The predicted octanol–water partition coefficient (Wildman–Crippen LogP) is 3.15. The second-order valence-electron chi connectivity index (χ2n) is 4.99. The summed E-state index contributed by atoms with van der Waals surface area (Å²) in [5.41, 5.74) is 9.29. The van der Waals surface area contributed by atoms with Crippen molar-refractivity contribution in [3.8, 4) is 0 Å². The fourth-order valence-electron chi connectivity index (χ4n) is 2.38. The molecule has 0 saturated heterocycles. The van der Waals surface area contributed by atoms with Crippen molar-refractivity contribution in [2.75, 3.05) is 11.1 Å². The summed E-state index contributed by atoms with van der Waals surface area (Å²) in [6.45, 7) is 0. The number of anilines is 2. The third-order valence-corrected chi connectivity index (χ3v) is 4.24. The van der Waals surface area contributed by atoms with Gasteiger partial charge in [0.25, 0.3) is 0 Å². The van der Waals surface area contributed by atoms with E-state index >= 15 is 0 Å². The normalized spacial score (nSPS) is 13.5. The molecule has 0 unspecified atom stereocenters. The molecule has 0 aliphatic carbocycles. The Morgan fingerprint density at radius 3 is 2.57 bits per heavy atom. The first-order valence-corrected chi connectivity index (χ1v) is 7.36. The van der Waals surface area contributed by atoms with Gasteiger partial charge in [-0.15, -0.1) is 0 Å². The molecule has 5 heteroatoms. The van der Waals surface area contributed by atoms with Crippen LogP contribution < -0.4 is 11.1 Å². The zero-order valence-corrected chi connectivity index (χ0v) is 12.7. The van der Waals surface area contributed by atoms with Crippen LogP contribution in [0.2, 0.25) is 0 Å². The summed E-state index contributed by atoms with van der Waals surface area (Å²) in [5.74, 6) is -0.0591. The Hall–Kier alpha value is -2.14. The molecule has 1 heterocycles. The number of amides is 1. The number of nitrogens with one attached hydrogen (secondary N) is 1. The molecule has 1 aliphatic heterocycles. The number of hydrogen-bond acceptors (Lipinski definition) is 3. The van der Waals surface area contributed by atoms with Crippen LogP contribution in [0, 0.1) is 0 Å². The van der Waals surface area contributed by atoms with Gasteiger partial charge in [-0.3, -0.25) is 9.59 Å². The molecule has 1 aliphatic rings. The number of fused-ring (bicyclic) bond motifs is 1. The predicted molar refractivity (Wildman–Crippen MR) is 85.4 cm³/mol. The van der Waals surface area contributed by atoms with Crippen LogP contribution in [0.15, 0.2) is 40.9 Å². The third kappa shape index (κ3) is 2.69. The minimum atomic E-state index is -0.0751. The Balaban J connectivity index is 1.95. The second kappa shape index (κ2) is 5.33. The molecule has 2 aromatic carbocycles. The zero-order chi connectivity index (χ0) is 15.0. The Kier molecular flexibility index (Phi) is 3.51. The molecule has 3 N–H and O–H groups in total. The van der Waals surface area contributed by atoms with Crippen molar-refractivity contribution in [1.29, 1.82) is 0 Å². The molecule has 3 rings (SSSR count). The molecular formula is C16H13BrN2O2. The van der Waals surface area contributed by atoms with E-state index in [1.807, 2.05) is 6.07 Å². The average molecular weight is 345 g/mol. The standard InChI is InChI=1S/C16H13BrN2O2/c17-12-4-1-11(8-13(12)18)16(21)10-2-5-14-9(7-10)3-6-15(20)19-14/h1-2,4-5,7-8H,3,6,18H2,(H,19,20). The van der Waals surface area contributed by atoms with E-state index in [0.717, 1.165) is 15.7 Å². The summed E-state index contributed by atoms with van der Waals surface area (Å²) in [5, 5.41) is 2.81. The van der Waals surface area contributed by atoms with Gasteiger partial charge >= 0.3 is 0 Å². The summed E-state index contributed by atoms with van der Waals surface area (Å²) >= 11 is 3.31. The fraction of sp³-hybridized carbons (Fsp3) is 0.125. The molecule has 0 radical (unpaired) electrons. The van der Waals surface area contributed by atoms with Crippen LogP contribution >= 0.6 is 15.9 Å². The van der Waals surface area contributed by atoms with Gasteiger partial charge in [-0.05, 0) is 64.3 Å². The maximum Gasteiger partial charge on any atom is 0.224 e. The number of nitrogens with two attached hydrogens (primary N) is 1. The Labute approximate surface area is 130 Å². The van der Waals surface area contributed by atoms with Gasteiger partial charge in [0.05, 0.1) is 0 Å². The van der Waals surface area contributed by atoms with E-state index in [0.29, 0.717) is 29.7 Å². The first kappa shape index (κ1) is 13.8. The van der Waals surface area contributed by atoms with Gasteiger partial charge in [0, 0.05) is 33.4 Å². The lowest BCUT2D eigenvalue weighted by Crippen LogP contribution is -2.19. The number of nitrogen functional groups attached to an aromatic ring is 1. The highest BCUT2D eigenvalue weighted by molar-refractivity contribution is 9.10. The first-order valence-electron chi connectivity index (χ1n) is 6.57. The quantitative estimate of drug-likeness (QED) is 0.649. The van der Waals surface area contributed by atoms with Gasteiger partial charge in [-0.1, -0.05) is 0 Å². The van der Waals surface area contributed by atoms with Crippen molar-refractivity contribution >= 4 is 39.0 Å². The first-order chi connectivity index (χ1) is 10.0. The molecule has 0 aromatic heterocycles. The lowest BCUT2D eigenvalue weighted by Gasteiger charge is -2.17. The molecule has 1 amide bonds. The zero-order valence-electron chi connectivity index (χ0n) is 11.2. The van der Waals surface area contributed by atoms with Crippen molar-refractivity contribution in [2.45, 2.75) is 12.8 Å². The summed E-state index contributed by atoms with van der Waals surface area (Å²) in [4.78, 5) is 23.8. The van der Waals surface area contributed by atoms with Gasteiger partial charge in [0.15, 0.2) is 5.78 Å². The molecule has 0 atom stereocenters. The van der Waals surface area contributed by atoms with Gasteiger partial charge in [0.2, 0.25) is 5.91 Å². The number of rotatable bonds is 2. The van der Waals surface area contributed by atoms with Gasteiger partial charge < -0.3 is 11.1 Å². The highest BCUT2D eigenvalue weighted by atomic mass is 79.9. The van der Waals surface area contributed by atoms with Crippen LogP contribution in [0.25, 0.3) is 0 Å². The molecule has 0 saturated carbocycles. The van der Waals surface area contributed by atoms with Crippen molar-refractivity contribution in [3.63, 3.8) is 0 Å². The summed E-state index contributed by atoms with van der Waals surface area (Å²) in [6.07, 6.45) is 1.11. The molecule has 0 fully saturated rings. The molecule has 0 spiro atoms. The summed E-state index contributed by atoms with van der Waals surface area (Å²) in [7, 11) is 0. The average Bonchev–Trinajstić information content (AvgIpc) is 2.49. The van der Waals surface area contributed by atoms with Gasteiger partial charge in [-0.2, -0.15) is 0 Å². The number of hydrogen-bond donors (Lipinski definition) is 2. The Morgan fingerprint density at radius 1 is 1.10 bits per heavy atom. The molecule has 106 valence electrons. The van der Waals surface area contributed by atoms with E-state index in [1.165, 1.54) is 0 Å². The molecule has 4 nitrogen and oxygen atoms in total. The number of ketones is 1. The van der Waals surface area contributed by atoms with Crippen LogP contribution in [0.3, 0.4) is 0 Å². The van der Waals surface area contributed by atoms with Gasteiger partial charge in [-0.25, -0.2) is 0 Å². The minimum absolute atomic E-state index is 0.0160. The largest absolute Gasteiger partial charge is 0.398 e. The van der Waals surface area contributed by atoms with Crippen molar-refractivity contribution in [1.82, 2.24) is 0 Å². The van der Waals surface area contributed by atoms with Crippen molar-refractivity contribution in [3.05, 3.63) is 57.6 Å². The third-order valence-electron chi connectivity index (χ3n) is 3.52. The minimum Gasteiger partial charge on any atom is -0.398 e. The van der Waals surface area contributed by atoms with E-state index in [-0.39, 0.29) is 11.7 Å². The summed E-state index contributed by atoms with van der Waals surface area (Å²) in [6, 6.07) is 10.5. The molecule has 2 aromatic rings. The topological polar surface area (TPSA) is 72.2 Å². The number of aryl methyl sites for hydroxylation is 1. The lowest BCUT2D eigenvalue weighted by molar-refractivity contribution is -0.116. The second-order valence-corrected chi connectivity index (χ2v) is 5.84. The van der Waals surface area contributed by atoms with Crippen LogP contribution in [0.4, 0.5) is 11.4 Å². The maximum atomic E-state index is 12.5. The highest BCUT2D eigenvalue weighted by Gasteiger charge is 2.17. The SMILES string of the molecule is Nc1cc(C(=O)c2ccc3c(c2)CCC(=O)N3)ccc1Br. The smallest absolute Gasteiger partial charge is 0.224 e. The van der Waals surface area contributed by atoms with Crippen molar-refractivity contribution in [2.24, 2.45) is 0 Å². The van der Waals surface area contributed by atoms with E-state index in [4.69, 9.17) is 5.73 Å².